The van der Waals surface area contributed by atoms with Gasteiger partial charge in [-0.15, -0.1) is 0 Å². The molecule has 3 heterocycles. The molecule has 6 nitrogen and oxygen atoms in total. The van der Waals surface area contributed by atoms with E-state index < -0.39 is 0 Å². The van der Waals surface area contributed by atoms with Gasteiger partial charge in [-0.1, -0.05) is 24.3 Å². The van der Waals surface area contributed by atoms with Crippen LogP contribution < -0.4 is 10.8 Å². The van der Waals surface area contributed by atoms with Crippen LogP contribution in [0.1, 0.15) is 5.56 Å². The summed E-state index contributed by atoms with van der Waals surface area (Å²) in [6, 6.07) is 16.7. The molecule has 0 spiro atoms. The van der Waals surface area contributed by atoms with E-state index in [9.17, 15) is 4.39 Å². The fourth-order valence-electron chi connectivity index (χ4n) is 3.40. The van der Waals surface area contributed by atoms with E-state index in [1.807, 2.05) is 42.9 Å². The van der Waals surface area contributed by atoms with Crippen molar-refractivity contribution >= 4 is 24.8 Å². The third kappa shape index (κ3) is 3.32. The van der Waals surface area contributed by atoms with Gasteiger partial charge in [0.1, 0.15) is 19.5 Å². The lowest BCUT2D eigenvalue weighted by atomic mass is 10.0. The standard InChI is InChI=1S/C22H18BFN6/c23-18-13-27-30-21(11-20(28-22(18)30)17-3-1-2-4-19(17)24)26-12-15-5-7-16(8-6-15)29-10-9-25-14-29/h1-11,13-14,26H,12,23H2. The smallest absolute Gasteiger partial charge is 0.151 e. The molecule has 2 aromatic carbocycles. The van der Waals surface area contributed by atoms with E-state index in [1.165, 1.54) is 6.07 Å². The Balaban J connectivity index is 1.46. The molecule has 0 aliphatic rings. The molecule has 0 amide bonds. The van der Waals surface area contributed by atoms with Gasteiger partial charge in [0, 0.05) is 42.5 Å². The number of halogens is 1. The van der Waals surface area contributed by atoms with E-state index in [2.05, 4.69) is 32.5 Å². The van der Waals surface area contributed by atoms with Gasteiger partial charge in [0.25, 0.3) is 0 Å². The maximum absolute atomic E-state index is 14.3. The first-order chi connectivity index (χ1) is 14.7. The summed E-state index contributed by atoms with van der Waals surface area (Å²) in [7, 11) is 1.94. The van der Waals surface area contributed by atoms with Crippen molar-refractivity contribution in [3.63, 3.8) is 0 Å². The lowest BCUT2D eigenvalue weighted by Gasteiger charge is -2.12. The van der Waals surface area contributed by atoms with Gasteiger partial charge in [0.15, 0.2) is 5.65 Å². The Morgan fingerprint density at radius 1 is 1.07 bits per heavy atom. The van der Waals surface area contributed by atoms with Crippen molar-refractivity contribution in [3.05, 3.63) is 90.9 Å². The summed E-state index contributed by atoms with van der Waals surface area (Å²) in [5.41, 5.74) is 4.83. The van der Waals surface area contributed by atoms with Crippen LogP contribution in [-0.4, -0.2) is 32.0 Å². The van der Waals surface area contributed by atoms with Crippen LogP contribution in [0.5, 0.6) is 0 Å². The molecular weight excluding hydrogens is 378 g/mol. The Bertz CT molecular complexity index is 1310. The molecule has 1 N–H and O–H groups in total. The number of anilines is 1. The Morgan fingerprint density at radius 2 is 1.90 bits per heavy atom. The second kappa shape index (κ2) is 7.48. The van der Waals surface area contributed by atoms with Gasteiger partial charge in [-0.05, 0) is 35.3 Å². The number of hydrogen-bond donors (Lipinski definition) is 1. The Hall–Kier alpha value is -3.94. The molecule has 0 fully saturated rings. The van der Waals surface area contributed by atoms with Gasteiger partial charge >= 0.3 is 0 Å². The molecule has 3 aromatic heterocycles. The number of rotatable bonds is 5. The van der Waals surface area contributed by atoms with Crippen molar-refractivity contribution in [1.82, 2.24) is 24.1 Å². The topological polar surface area (TPSA) is 60.0 Å². The number of nitrogens with one attached hydrogen (secondary N) is 1. The highest BCUT2D eigenvalue weighted by molar-refractivity contribution is 6.36. The first kappa shape index (κ1) is 18.1. The summed E-state index contributed by atoms with van der Waals surface area (Å²) >= 11 is 0. The average molecular weight is 396 g/mol. The molecule has 0 saturated heterocycles. The number of benzene rings is 2. The van der Waals surface area contributed by atoms with E-state index in [0.717, 1.165) is 22.5 Å². The third-order valence-electron chi connectivity index (χ3n) is 5.01. The molecule has 0 bridgehead atoms. The maximum atomic E-state index is 14.3. The van der Waals surface area contributed by atoms with E-state index >= 15 is 0 Å². The fraction of sp³-hybridized carbons (Fsp3) is 0.0455. The van der Waals surface area contributed by atoms with E-state index in [4.69, 9.17) is 0 Å². The largest absolute Gasteiger partial charge is 0.366 e. The summed E-state index contributed by atoms with van der Waals surface area (Å²) in [6.45, 7) is 0.596. The number of nitrogens with zero attached hydrogens (tertiary/aromatic N) is 5. The molecule has 0 unspecified atom stereocenters. The molecule has 5 rings (SSSR count). The number of hydrogen-bond acceptors (Lipinski definition) is 4. The second-order valence-electron chi connectivity index (χ2n) is 7.06. The highest BCUT2D eigenvalue weighted by atomic mass is 19.1. The van der Waals surface area contributed by atoms with Gasteiger partial charge in [-0.25, -0.2) is 14.4 Å². The highest BCUT2D eigenvalue weighted by Crippen LogP contribution is 2.24. The number of aromatic nitrogens is 5. The third-order valence-corrected chi connectivity index (χ3v) is 5.01. The summed E-state index contributed by atoms with van der Waals surface area (Å²) in [5.74, 6) is 0.456. The lowest BCUT2D eigenvalue weighted by Crippen LogP contribution is -2.09. The average Bonchev–Trinajstić information content (AvgIpc) is 3.43. The zero-order valence-electron chi connectivity index (χ0n) is 16.3. The van der Waals surface area contributed by atoms with Crippen LogP contribution in [0.3, 0.4) is 0 Å². The van der Waals surface area contributed by atoms with Gasteiger partial charge in [-0.2, -0.15) is 9.61 Å². The lowest BCUT2D eigenvalue weighted by molar-refractivity contribution is 0.630. The van der Waals surface area contributed by atoms with Crippen LogP contribution in [0.25, 0.3) is 22.6 Å². The summed E-state index contributed by atoms with van der Waals surface area (Å²) in [4.78, 5) is 8.71. The predicted molar refractivity (Wildman–Crippen MR) is 117 cm³/mol. The quantitative estimate of drug-likeness (QED) is 0.464. The SMILES string of the molecule is Bc1cnn2c(NCc3ccc(-n4ccnc4)cc3)cc(-c3ccccc3F)nc12. The number of imidazole rings is 1. The maximum Gasteiger partial charge on any atom is 0.151 e. The normalized spacial score (nSPS) is 11.1. The van der Waals surface area contributed by atoms with Crippen LogP contribution in [0.4, 0.5) is 10.2 Å². The minimum Gasteiger partial charge on any atom is -0.366 e. The minimum absolute atomic E-state index is 0.299. The molecule has 8 heteroatoms. The van der Waals surface area contributed by atoms with Gasteiger partial charge in [0.05, 0.1) is 12.0 Å². The van der Waals surface area contributed by atoms with Gasteiger partial charge in [0.2, 0.25) is 0 Å². The zero-order valence-corrected chi connectivity index (χ0v) is 16.3. The monoisotopic (exact) mass is 396 g/mol. The molecule has 0 aliphatic carbocycles. The fourth-order valence-corrected chi connectivity index (χ4v) is 3.40. The molecule has 0 radical (unpaired) electrons. The molecule has 5 aromatic rings. The first-order valence-electron chi connectivity index (χ1n) is 9.60. The van der Waals surface area contributed by atoms with E-state index in [1.54, 1.807) is 35.4 Å². The van der Waals surface area contributed by atoms with Crippen molar-refractivity contribution in [2.75, 3.05) is 5.32 Å². The van der Waals surface area contributed by atoms with Crippen LogP contribution in [0.15, 0.2) is 79.5 Å². The van der Waals surface area contributed by atoms with E-state index in [0.29, 0.717) is 23.4 Å². The van der Waals surface area contributed by atoms with Crippen molar-refractivity contribution in [3.8, 4) is 16.9 Å². The van der Waals surface area contributed by atoms with Crippen LogP contribution in [-0.2, 0) is 6.54 Å². The predicted octanol–water partition coefficient (Wildman–Crippen LogP) is 2.59. The first-order valence-corrected chi connectivity index (χ1v) is 9.60. The summed E-state index contributed by atoms with van der Waals surface area (Å²) in [5, 5.41) is 7.84. The number of fused-ring (bicyclic) bond motifs is 1. The second-order valence-corrected chi connectivity index (χ2v) is 7.06. The Labute approximate surface area is 173 Å². The van der Waals surface area contributed by atoms with Crippen molar-refractivity contribution in [2.45, 2.75) is 6.54 Å². The van der Waals surface area contributed by atoms with Crippen molar-refractivity contribution < 1.29 is 4.39 Å². The van der Waals surface area contributed by atoms with Crippen LogP contribution in [0.2, 0.25) is 0 Å². The Morgan fingerprint density at radius 3 is 2.67 bits per heavy atom. The van der Waals surface area contributed by atoms with Crippen molar-refractivity contribution in [1.29, 1.82) is 0 Å². The van der Waals surface area contributed by atoms with E-state index in [-0.39, 0.29) is 5.82 Å². The molecule has 0 aliphatic heterocycles. The van der Waals surface area contributed by atoms with Crippen molar-refractivity contribution in [2.24, 2.45) is 0 Å². The minimum atomic E-state index is -0.299. The Kier molecular flexibility index (Phi) is 4.51. The molecule has 0 saturated carbocycles. The highest BCUT2D eigenvalue weighted by Gasteiger charge is 2.13. The van der Waals surface area contributed by atoms with Gasteiger partial charge < -0.3 is 9.88 Å². The molecule has 0 atom stereocenters. The molecule has 146 valence electrons. The van der Waals surface area contributed by atoms with Crippen LogP contribution in [0, 0.1) is 5.82 Å². The molecular formula is C22H18BFN6. The van der Waals surface area contributed by atoms with Gasteiger partial charge in [-0.3, -0.25) is 0 Å². The summed E-state index contributed by atoms with van der Waals surface area (Å²) < 4.78 is 18.1. The molecule has 30 heavy (non-hydrogen) atoms. The summed E-state index contributed by atoms with van der Waals surface area (Å²) in [6.07, 6.45) is 7.19. The zero-order chi connectivity index (χ0) is 20.5. The van der Waals surface area contributed by atoms with Crippen LogP contribution >= 0.6 is 0 Å².